The third-order valence-corrected chi connectivity index (χ3v) is 6.35. The Morgan fingerprint density at radius 2 is 1.45 bits per heavy atom. The maximum absolute atomic E-state index is 13.1. The van der Waals surface area contributed by atoms with Crippen LogP contribution in [0.3, 0.4) is 0 Å². The summed E-state index contributed by atoms with van der Waals surface area (Å²) in [4.78, 5) is 25.1. The van der Waals surface area contributed by atoms with Crippen molar-refractivity contribution >= 4 is 64.2 Å². The number of hydrogen-bond acceptors (Lipinski definition) is 3. The van der Waals surface area contributed by atoms with Crippen molar-refractivity contribution in [1.82, 2.24) is 5.32 Å². The quantitative estimate of drug-likeness (QED) is 0.332. The van der Waals surface area contributed by atoms with Crippen molar-refractivity contribution < 1.29 is 27.2 Å². The number of benzene rings is 3. The normalized spacial score (nSPS) is 11.2. The summed E-state index contributed by atoms with van der Waals surface area (Å²) in [5.74, 6) is -1.50. The fraction of sp³-hybridized carbons (Fsp3) is 0.0476. The standard InChI is InChI=1S/C21H11Cl3F4N2O2S/c22-15-7-11(25)3-6-14(15)19(31)30-20(32)29-12-8-16(23)18(17(24)9-12)33-13-4-1-10(2-5-13)21(26,27)28/h1-9H,(H2,29,30,31,32). The average molecular weight is 538 g/mol. The van der Waals surface area contributed by atoms with Gasteiger partial charge in [0.2, 0.25) is 0 Å². The van der Waals surface area contributed by atoms with Gasteiger partial charge in [0.25, 0.3) is 5.91 Å². The second-order valence-electron chi connectivity index (χ2n) is 6.43. The van der Waals surface area contributed by atoms with Gasteiger partial charge < -0.3 is 5.32 Å². The minimum atomic E-state index is -4.45. The second-order valence-corrected chi connectivity index (χ2v) is 8.73. The Bertz CT molecular complexity index is 1200. The summed E-state index contributed by atoms with van der Waals surface area (Å²) in [5.41, 5.74) is -0.740. The van der Waals surface area contributed by atoms with Crippen LogP contribution in [0.5, 0.6) is 0 Å². The Hall–Kier alpha value is -2.46. The second kappa shape index (κ2) is 10.2. The molecule has 0 heterocycles. The first-order valence-corrected chi connectivity index (χ1v) is 10.8. The highest BCUT2D eigenvalue weighted by atomic mass is 35.5. The molecule has 0 unspecified atom stereocenters. The Morgan fingerprint density at radius 1 is 0.848 bits per heavy atom. The molecule has 3 aromatic rings. The molecule has 0 radical (unpaired) electrons. The van der Waals surface area contributed by atoms with Crippen molar-refractivity contribution in [1.29, 1.82) is 0 Å². The third kappa shape index (κ3) is 6.54. The first-order chi connectivity index (χ1) is 15.4. The van der Waals surface area contributed by atoms with E-state index in [1.807, 2.05) is 5.32 Å². The lowest BCUT2D eigenvalue weighted by Crippen LogP contribution is -2.34. The third-order valence-electron chi connectivity index (χ3n) is 4.06. The van der Waals surface area contributed by atoms with Gasteiger partial charge in [-0.05, 0) is 54.6 Å². The highest BCUT2D eigenvalue weighted by Gasteiger charge is 2.30. The fourth-order valence-corrected chi connectivity index (χ4v) is 4.36. The maximum atomic E-state index is 13.1. The Labute approximate surface area is 204 Å². The number of anilines is 1. The van der Waals surface area contributed by atoms with Crippen molar-refractivity contribution in [3.05, 3.63) is 86.6 Å². The zero-order valence-electron chi connectivity index (χ0n) is 16.1. The number of nitrogens with one attached hydrogen (secondary N) is 2. The number of amides is 3. The van der Waals surface area contributed by atoms with Crippen LogP contribution in [0, 0.1) is 5.82 Å². The van der Waals surface area contributed by atoms with Crippen molar-refractivity contribution in [3.8, 4) is 0 Å². The maximum Gasteiger partial charge on any atom is 0.416 e. The smallest absolute Gasteiger partial charge is 0.308 e. The van der Waals surface area contributed by atoms with Crippen LogP contribution in [0.15, 0.2) is 64.4 Å². The summed E-state index contributed by atoms with van der Waals surface area (Å²) in [6.07, 6.45) is -4.45. The van der Waals surface area contributed by atoms with Crippen LogP contribution in [0.4, 0.5) is 28.0 Å². The molecule has 33 heavy (non-hydrogen) atoms. The van der Waals surface area contributed by atoms with Crippen LogP contribution in [0.2, 0.25) is 15.1 Å². The minimum Gasteiger partial charge on any atom is -0.308 e. The lowest BCUT2D eigenvalue weighted by Gasteiger charge is -2.12. The van der Waals surface area contributed by atoms with Crippen molar-refractivity contribution in [2.45, 2.75) is 16.0 Å². The van der Waals surface area contributed by atoms with E-state index in [-0.39, 0.29) is 26.3 Å². The lowest BCUT2D eigenvalue weighted by atomic mass is 10.2. The van der Waals surface area contributed by atoms with Gasteiger partial charge >= 0.3 is 12.2 Å². The molecule has 3 rings (SSSR count). The molecule has 0 spiro atoms. The molecule has 0 aliphatic carbocycles. The van der Waals surface area contributed by atoms with Gasteiger partial charge in [-0.25, -0.2) is 9.18 Å². The van der Waals surface area contributed by atoms with E-state index in [4.69, 9.17) is 34.8 Å². The molecule has 3 aromatic carbocycles. The molecule has 3 amide bonds. The lowest BCUT2D eigenvalue weighted by molar-refractivity contribution is -0.137. The summed E-state index contributed by atoms with van der Waals surface area (Å²) >= 11 is 19.3. The van der Waals surface area contributed by atoms with Gasteiger partial charge in [-0.15, -0.1) is 0 Å². The largest absolute Gasteiger partial charge is 0.416 e. The van der Waals surface area contributed by atoms with E-state index in [0.717, 1.165) is 42.1 Å². The Kier molecular flexibility index (Phi) is 7.79. The van der Waals surface area contributed by atoms with Crippen molar-refractivity contribution in [3.63, 3.8) is 0 Å². The van der Waals surface area contributed by atoms with Crippen molar-refractivity contribution in [2.24, 2.45) is 0 Å². The summed E-state index contributed by atoms with van der Waals surface area (Å²) in [6.45, 7) is 0. The molecule has 0 saturated carbocycles. The highest BCUT2D eigenvalue weighted by molar-refractivity contribution is 7.99. The topological polar surface area (TPSA) is 58.2 Å². The molecule has 2 N–H and O–H groups in total. The van der Waals surface area contributed by atoms with E-state index >= 15 is 0 Å². The van der Waals surface area contributed by atoms with E-state index in [2.05, 4.69) is 5.32 Å². The molecular formula is C21H11Cl3F4N2O2S. The summed E-state index contributed by atoms with van der Waals surface area (Å²) in [6, 6.07) is 9.31. The summed E-state index contributed by atoms with van der Waals surface area (Å²) in [7, 11) is 0. The Balaban J connectivity index is 1.69. The average Bonchev–Trinajstić information content (AvgIpc) is 2.70. The molecule has 0 fully saturated rings. The molecule has 4 nitrogen and oxygen atoms in total. The predicted molar refractivity (Wildman–Crippen MR) is 120 cm³/mol. The summed E-state index contributed by atoms with van der Waals surface area (Å²) < 4.78 is 51.2. The van der Waals surface area contributed by atoms with E-state index < -0.39 is 29.5 Å². The zero-order valence-corrected chi connectivity index (χ0v) is 19.2. The SMILES string of the molecule is O=C(NC(=O)c1ccc(F)cc1Cl)Nc1cc(Cl)c(Sc2ccc(C(F)(F)F)cc2)c(Cl)c1. The van der Waals surface area contributed by atoms with Gasteiger partial charge in [0, 0.05) is 15.5 Å². The molecule has 172 valence electrons. The molecule has 0 aliphatic rings. The van der Waals surface area contributed by atoms with Crippen LogP contribution in [-0.2, 0) is 6.18 Å². The van der Waals surface area contributed by atoms with Gasteiger partial charge in [0.05, 0.1) is 26.2 Å². The number of alkyl halides is 3. The molecule has 0 aromatic heterocycles. The zero-order chi connectivity index (χ0) is 24.3. The molecular weight excluding hydrogens is 527 g/mol. The van der Waals surface area contributed by atoms with Crippen LogP contribution in [-0.4, -0.2) is 11.9 Å². The first-order valence-electron chi connectivity index (χ1n) is 8.85. The molecule has 0 atom stereocenters. The van der Waals surface area contributed by atoms with Crippen molar-refractivity contribution in [2.75, 3.05) is 5.32 Å². The number of imide groups is 1. The number of halogens is 7. The summed E-state index contributed by atoms with van der Waals surface area (Å²) in [5, 5.41) is 4.49. The van der Waals surface area contributed by atoms with Gasteiger partial charge in [-0.1, -0.05) is 46.6 Å². The molecule has 0 aliphatic heterocycles. The fourth-order valence-electron chi connectivity index (χ4n) is 2.57. The molecule has 12 heteroatoms. The molecule has 0 saturated heterocycles. The van der Waals surface area contributed by atoms with E-state index in [1.54, 1.807) is 0 Å². The number of carbonyl (C=O) groups excluding carboxylic acids is 2. The van der Waals surface area contributed by atoms with Gasteiger partial charge in [-0.2, -0.15) is 13.2 Å². The van der Waals surface area contributed by atoms with Gasteiger partial charge in [-0.3, -0.25) is 10.1 Å². The number of carbonyl (C=O) groups is 2. The van der Waals surface area contributed by atoms with Crippen LogP contribution < -0.4 is 10.6 Å². The number of rotatable bonds is 4. The van der Waals surface area contributed by atoms with E-state index in [1.165, 1.54) is 24.3 Å². The van der Waals surface area contributed by atoms with Crippen LogP contribution in [0.25, 0.3) is 0 Å². The first kappa shape index (κ1) is 25.2. The molecule has 0 bridgehead atoms. The van der Waals surface area contributed by atoms with Gasteiger partial charge in [0.15, 0.2) is 0 Å². The van der Waals surface area contributed by atoms with Crippen LogP contribution >= 0.6 is 46.6 Å². The minimum absolute atomic E-state index is 0.104. The van der Waals surface area contributed by atoms with Crippen LogP contribution in [0.1, 0.15) is 15.9 Å². The van der Waals surface area contributed by atoms with E-state index in [9.17, 15) is 27.2 Å². The predicted octanol–water partition coefficient (Wildman–Crippen LogP) is 7.92. The highest BCUT2D eigenvalue weighted by Crippen LogP contribution is 2.41. The number of hydrogen-bond donors (Lipinski definition) is 2. The van der Waals surface area contributed by atoms with E-state index in [0.29, 0.717) is 9.79 Å². The van der Waals surface area contributed by atoms with Gasteiger partial charge in [0.1, 0.15) is 5.82 Å². The monoisotopic (exact) mass is 536 g/mol. The number of urea groups is 1. The Morgan fingerprint density at radius 3 is 2.00 bits per heavy atom.